The van der Waals surface area contributed by atoms with Gasteiger partial charge in [-0.3, -0.25) is 14.8 Å². The monoisotopic (exact) mass is 284 g/mol. The highest BCUT2D eigenvalue weighted by Crippen LogP contribution is 2.09. The number of pyridine rings is 2. The Labute approximate surface area is 124 Å². The van der Waals surface area contributed by atoms with Gasteiger partial charge in [-0.05, 0) is 38.1 Å². The fourth-order valence-corrected chi connectivity index (χ4v) is 2.13. The van der Waals surface area contributed by atoms with Crippen molar-refractivity contribution in [2.75, 3.05) is 6.54 Å². The van der Waals surface area contributed by atoms with Crippen LogP contribution in [0.1, 0.15) is 22.8 Å². The van der Waals surface area contributed by atoms with Gasteiger partial charge >= 0.3 is 0 Å². The summed E-state index contributed by atoms with van der Waals surface area (Å²) in [4.78, 5) is 22.6. The Hall–Kier alpha value is -2.27. The molecule has 0 saturated heterocycles. The van der Waals surface area contributed by atoms with Gasteiger partial charge in [0.15, 0.2) is 0 Å². The molecule has 2 aromatic rings. The maximum absolute atomic E-state index is 12.0. The average molecular weight is 284 g/mol. The molecule has 0 aliphatic rings. The highest BCUT2D eigenvalue weighted by Gasteiger charge is 2.14. The van der Waals surface area contributed by atoms with E-state index in [0.29, 0.717) is 13.1 Å². The molecule has 0 bridgehead atoms. The predicted molar refractivity (Wildman–Crippen MR) is 81.3 cm³/mol. The number of nitrogens with zero attached hydrogens (tertiary/aromatic N) is 3. The van der Waals surface area contributed by atoms with Crippen molar-refractivity contribution >= 4 is 5.91 Å². The van der Waals surface area contributed by atoms with Crippen molar-refractivity contribution in [1.82, 2.24) is 14.9 Å². The summed E-state index contributed by atoms with van der Waals surface area (Å²) in [5.41, 5.74) is 9.07. The van der Waals surface area contributed by atoms with Gasteiger partial charge in [0.1, 0.15) is 0 Å². The molecule has 21 heavy (non-hydrogen) atoms. The van der Waals surface area contributed by atoms with Crippen LogP contribution < -0.4 is 5.73 Å². The highest BCUT2D eigenvalue weighted by atomic mass is 16.2. The van der Waals surface area contributed by atoms with Crippen molar-refractivity contribution in [3.05, 3.63) is 59.2 Å². The third-order valence-corrected chi connectivity index (χ3v) is 3.13. The number of carbonyl (C=O) groups excluding carboxylic acids is 1. The zero-order chi connectivity index (χ0) is 15.2. The summed E-state index contributed by atoms with van der Waals surface area (Å²) in [5, 5.41) is 0. The van der Waals surface area contributed by atoms with Gasteiger partial charge in [0, 0.05) is 11.4 Å². The summed E-state index contributed by atoms with van der Waals surface area (Å²) in [7, 11) is 0. The van der Waals surface area contributed by atoms with Gasteiger partial charge in [-0.15, -0.1) is 0 Å². The second-order valence-electron chi connectivity index (χ2n) is 4.99. The van der Waals surface area contributed by atoms with Crippen LogP contribution in [0.4, 0.5) is 0 Å². The molecule has 5 nitrogen and oxygen atoms in total. The first-order chi connectivity index (χ1) is 10.1. The van der Waals surface area contributed by atoms with Gasteiger partial charge < -0.3 is 10.6 Å². The highest BCUT2D eigenvalue weighted by molar-refractivity contribution is 5.77. The molecule has 1 amide bonds. The summed E-state index contributed by atoms with van der Waals surface area (Å²) in [6.45, 7) is 4.72. The van der Waals surface area contributed by atoms with Crippen molar-refractivity contribution in [3.63, 3.8) is 0 Å². The third-order valence-electron chi connectivity index (χ3n) is 3.13. The minimum absolute atomic E-state index is 0.0162. The van der Waals surface area contributed by atoms with Gasteiger partial charge in [-0.25, -0.2) is 0 Å². The second kappa shape index (κ2) is 6.95. The summed E-state index contributed by atoms with van der Waals surface area (Å²) >= 11 is 0. The molecule has 0 aliphatic carbocycles. The largest absolute Gasteiger partial charge is 0.330 e. The van der Waals surface area contributed by atoms with E-state index in [1.165, 1.54) is 0 Å². The lowest BCUT2D eigenvalue weighted by Gasteiger charge is -2.21. The Morgan fingerprint density at radius 2 is 1.48 bits per heavy atom. The molecule has 0 atom stereocenters. The summed E-state index contributed by atoms with van der Waals surface area (Å²) in [6, 6.07) is 11.6. The lowest BCUT2D eigenvalue weighted by molar-refractivity contribution is -0.131. The van der Waals surface area contributed by atoms with Crippen LogP contribution in [0.15, 0.2) is 36.4 Å². The van der Waals surface area contributed by atoms with Crippen molar-refractivity contribution < 1.29 is 4.79 Å². The average Bonchev–Trinajstić information content (AvgIpc) is 2.46. The molecular weight excluding hydrogens is 264 g/mol. The standard InChI is InChI=1S/C16H20N4O/c1-12-5-3-7-14(18-12)10-20(16(21)9-17)11-15-8-4-6-13(2)19-15/h3-8H,9-11,17H2,1-2H3. The normalized spacial score (nSPS) is 10.4. The zero-order valence-corrected chi connectivity index (χ0v) is 12.4. The molecule has 2 heterocycles. The van der Waals surface area contributed by atoms with E-state index in [1.807, 2.05) is 50.2 Å². The zero-order valence-electron chi connectivity index (χ0n) is 12.4. The van der Waals surface area contributed by atoms with Crippen LogP contribution in [0.5, 0.6) is 0 Å². The van der Waals surface area contributed by atoms with E-state index < -0.39 is 0 Å². The molecule has 2 N–H and O–H groups in total. The molecule has 0 saturated carbocycles. The van der Waals surface area contributed by atoms with Crippen LogP contribution in [0, 0.1) is 13.8 Å². The lowest BCUT2D eigenvalue weighted by Crippen LogP contribution is -2.35. The molecule has 0 aromatic carbocycles. The van der Waals surface area contributed by atoms with E-state index >= 15 is 0 Å². The molecule has 0 radical (unpaired) electrons. The number of hydrogen-bond donors (Lipinski definition) is 1. The Kier molecular flexibility index (Phi) is 5.00. The smallest absolute Gasteiger partial charge is 0.237 e. The van der Waals surface area contributed by atoms with E-state index in [4.69, 9.17) is 5.73 Å². The second-order valence-corrected chi connectivity index (χ2v) is 4.99. The first kappa shape index (κ1) is 15.1. The predicted octanol–water partition coefficient (Wildman–Crippen LogP) is 1.58. The van der Waals surface area contributed by atoms with E-state index in [1.54, 1.807) is 4.90 Å². The number of carbonyl (C=O) groups is 1. The minimum atomic E-state index is -0.110. The van der Waals surface area contributed by atoms with E-state index in [0.717, 1.165) is 22.8 Å². The van der Waals surface area contributed by atoms with Crippen molar-refractivity contribution in [2.24, 2.45) is 5.73 Å². The molecule has 2 aromatic heterocycles. The van der Waals surface area contributed by atoms with Crippen LogP contribution in [0.2, 0.25) is 0 Å². The van der Waals surface area contributed by atoms with Crippen molar-refractivity contribution in [2.45, 2.75) is 26.9 Å². The lowest BCUT2D eigenvalue weighted by atomic mass is 10.2. The first-order valence-corrected chi connectivity index (χ1v) is 6.91. The van der Waals surface area contributed by atoms with Gasteiger partial charge in [-0.2, -0.15) is 0 Å². The molecule has 5 heteroatoms. The fourth-order valence-electron chi connectivity index (χ4n) is 2.13. The molecular formula is C16H20N4O. The van der Waals surface area contributed by atoms with Gasteiger partial charge in [0.2, 0.25) is 5.91 Å². The minimum Gasteiger partial charge on any atom is -0.330 e. The Morgan fingerprint density at radius 1 is 1.00 bits per heavy atom. The van der Waals surface area contributed by atoms with Gasteiger partial charge in [0.05, 0.1) is 31.0 Å². The molecule has 0 unspecified atom stereocenters. The fraction of sp³-hybridized carbons (Fsp3) is 0.312. The van der Waals surface area contributed by atoms with Crippen LogP contribution >= 0.6 is 0 Å². The van der Waals surface area contributed by atoms with Crippen molar-refractivity contribution in [1.29, 1.82) is 0 Å². The Bertz CT molecular complexity index is 580. The van der Waals surface area contributed by atoms with E-state index in [9.17, 15) is 4.79 Å². The quantitative estimate of drug-likeness (QED) is 0.905. The Balaban J connectivity index is 2.17. The van der Waals surface area contributed by atoms with Crippen LogP contribution in [-0.2, 0) is 17.9 Å². The summed E-state index contributed by atoms with van der Waals surface area (Å²) in [5.74, 6) is -0.110. The number of aromatic nitrogens is 2. The maximum atomic E-state index is 12.0. The van der Waals surface area contributed by atoms with Gasteiger partial charge in [0.25, 0.3) is 0 Å². The number of aryl methyl sites for hydroxylation is 2. The van der Waals surface area contributed by atoms with E-state index in [-0.39, 0.29) is 12.5 Å². The van der Waals surface area contributed by atoms with Crippen LogP contribution in [0.25, 0.3) is 0 Å². The van der Waals surface area contributed by atoms with Crippen LogP contribution in [-0.4, -0.2) is 27.3 Å². The topological polar surface area (TPSA) is 72.1 Å². The van der Waals surface area contributed by atoms with Crippen LogP contribution in [0.3, 0.4) is 0 Å². The van der Waals surface area contributed by atoms with Crippen molar-refractivity contribution in [3.8, 4) is 0 Å². The number of hydrogen-bond acceptors (Lipinski definition) is 4. The third kappa shape index (κ3) is 4.36. The molecule has 0 fully saturated rings. The number of rotatable bonds is 5. The number of amides is 1. The summed E-state index contributed by atoms with van der Waals surface area (Å²) in [6.07, 6.45) is 0. The Morgan fingerprint density at radius 3 is 1.86 bits per heavy atom. The molecule has 0 aliphatic heterocycles. The first-order valence-electron chi connectivity index (χ1n) is 6.91. The molecule has 110 valence electrons. The molecule has 2 rings (SSSR count). The summed E-state index contributed by atoms with van der Waals surface area (Å²) < 4.78 is 0. The number of nitrogens with two attached hydrogens (primary N) is 1. The molecule has 0 spiro atoms. The van der Waals surface area contributed by atoms with E-state index in [2.05, 4.69) is 9.97 Å². The SMILES string of the molecule is Cc1cccc(CN(Cc2cccc(C)n2)C(=O)CN)n1. The van der Waals surface area contributed by atoms with Gasteiger partial charge in [-0.1, -0.05) is 12.1 Å². The maximum Gasteiger partial charge on any atom is 0.237 e.